The Balaban J connectivity index is 1.05. The van der Waals surface area contributed by atoms with Crippen LogP contribution in [0.2, 0.25) is 0 Å². The molecular formula is C68H58N8O9S4. The molecular weight excluding hydrogens is 1200 g/mol. The quantitative estimate of drug-likeness (QED) is 0.00549. The molecule has 2 unspecified atom stereocenters. The van der Waals surface area contributed by atoms with E-state index in [2.05, 4.69) is 42.8 Å². The van der Waals surface area contributed by atoms with Gasteiger partial charge in [-0.25, -0.2) is 19.4 Å². The first-order valence-corrected chi connectivity index (χ1v) is 31.7. The minimum absolute atomic E-state index is 0.0103. The fourth-order valence-electron chi connectivity index (χ4n) is 10.2. The molecule has 1 saturated heterocycles. The molecule has 0 bridgehead atoms. The molecule has 2 aliphatic rings. The highest BCUT2D eigenvalue weighted by atomic mass is 32.2. The number of thioether (sulfide) groups is 3. The predicted octanol–water partition coefficient (Wildman–Crippen LogP) is 13.4. The number of anilines is 1. The first kappa shape index (κ1) is 61.1. The number of esters is 2. The molecule has 0 saturated carbocycles. The van der Waals surface area contributed by atoms with Crippen molar-refractivity contribution in [3.8, 4) is 0 Å². The lowest BCUT2D eigenvalue weighted by Crippen LogP contribution is -2.57. The number of oxime groups is 1. The Bertz CT molecular complexity index is 3840. The lowest BCUT2D eigenvalue weighted by molar-refractivity contribution is -0.151. The molecule has 3 N–H and O–H groups in total. The van der Waals surface area contributed by atoms with Crippen molar-refractivity contribution in [1.82, 2.24) is 30.6 Å². The Labute approximate surface area is 530 Å². The Hall–Kier alpha value is -9.54. The minimum Gasteiger partial charge on any atom is -0.448 e. The highest BCUT2D eigenvalue weighted by Gasteiger charge is 2.53. The number of rotatable bonds is 22. The maximum Gasteiger partial charge on any atom is 0.413 e. The number of nitrogens with one attached hydrogen (secondary N) is 3. The van der Waals surface area contributed by atoms with Crippen molar-refractivity contribution in [2.24, 2.45) is 5.16 Å². The van der Waals surface area contributed by atoms with E-state index in [-0.39, 0.29) is 33.8 Å². The lowest BCUT2D eigenvalue weighted by Gasteiger charge is -2.48. The summed E-state index contributed by atoms with van der Waals surface area (Å²) >= 11 is 4.83. The van der Waals surface area contributed by atoms with Crippen molar-refractivity contribution in [2.75, 3.05) is 5.32 Å². The largest absolute Gasteiger partial charge is 0.448 e. The van der Waals surface area contributed by atoms with Gasteiger partial charge in [0.1, 0.15) is 27.4 Å². The van der Waals surface area contributed by atoms with Gasteiger partial charge in [0.2, 0.25) is 11.7 Å². The van der Waals surface area contributed by atoms with Crippen molar-refractivity contribution in [3.05, 3.63) is 291 Å². The van der Waals surface area contributed by atoms with Crippen molar-refractivity contribution in [3.63, 3.8) is 0 Å². The van der Waals surface area contributed by atoms with Gasteiger partial charge in [-0.15, -0.1) is 40.0 Å². The average molecular weight is 1260 g/mol. The van der Waals surface area contributed by atoms with Crippen LogP contribution in [-0.2, 0) is 43.6 Å². The number of aromatic nitrogens is 4. The second-order valence-corrected chi connectivity index (χ2v) is 26.0. The maximum atomic E-state index is 15.9. The third-order valence-corrected chi connectivity index (χ3v) is 19.2. The van der Waals surface area contributed by atoms with Crippen LogP contribution in [0.25, 0.3) is 0 Å². The fraction of sp³-hybridized carbons (Fsp3) is 0.162. The predicted molar refractivity (Wildman–Crippen MR) is 345 cm³/mol. The van der Waals surface area contributed by atoms with Crippen molar-refractivity contribution in [1.29, 1.82) is 0 Å². The Morgan fingerprint density at radius 2 is 1.17 bits per heavy atom. The van der Waals surface area contributed by atoms with E-state index in [1.807, 2.05) is 212 Å². The minimum atomic E-state index is -1.16. The average Bonchev–Trinajstić information content (AvgIpc) is 0.848. The van der Waals surface area contributed by atoms with Gasteiger partial charge in [0.15, 0.2) is 23.1 Å². The topological polar surface area (TPSA) is 216 Å². The second-order valence-electron chi connectivity index (χ2n) is 21.2. The summed E-state index contributed by atoms with van der Waals surface area (Å²) in [6, 6.07) is 66.7. The van der Waals surface area contributed by atoms with Crippen LogP contribution in [0.4, 0.5) is 9.93 Å². The summed E-state index contributed by atoms with van der Waals surface area (Å²) in [5.74, 6) is -3.65. The van der Waals surface area contributed by atoms with E-state index in [0.29, 0.717) is 27.3 Å². The molecule has 2 aliphatic heterocycles. The molecule has 89 heavy (non-hydrogen) atoms. The molecule has 21 heteroatoms. The fourth-order valence-corrected chi connectivity index (χ4v) is 15.6. The molecule has 7 aromatic carbocycles. The lowest BCUT2D eigenvalue weighted by atomic mass is 9.70. The molecule has 3 atom stereocenters. The number of fused-ring (bicyclic) bond motifs is 1. The van der Waals surface area contributed by atoms with E-state index in [4.69, 9.17) is 19.0 Å². The van der Waals surface area contributed by atoms with Crippen LogP contribution >= 0.6 is 46.6 Å². The summed E-state index contributed by atoms with van der Waals surface area (Å²) in [4.78, 5) is 85.3. The van der Waals surface area contributed by atoms with Crippen LogP contribution in [0.15, 0.2) is 257 Å². The van der Waals surface area contributed by atoms with Crippen molar-refractivity contribution < 1.29 is 43.0 Å². The Kier molecular flexibility index (Phi) is 19.0. The SMILES string of the molecule is C=C(O/N=C(\C(=O)NC1S[C@@H]2CC(=O)N2C(C(=O)OC(c2ccccc2)c2ccccc2)=C1SC(Sc1c[nH]nn1)C(c1ccccc1)(c1ccccc1)c1ccccc1)c1csc(NC(=O)OC(C)(C)C)n1)C(=O)OC(c1ccccc1)c1ccccc1. The molecule has 1 fully saturated rings. The van der Waals surface area contributed by atoms with Gasteiger partial charge in [-0.3, -0.25) is 24.9 Å². The zero-order chi connectivity index (χ0) is 61.9. The first-order chi connectivity index (χ1) is 43.2. The number of nitrogens with zero attached hydrogens (tertiary/aromatic N) is 5. The van der Waals surface area contributed by atoms with Gasteiger partial charge in [-0.1, -0.05) is 234 Å². The van der Waals surface area contributed by atoms with Crippen LogP contribution in [0, 0.1) is 0 Å². The third kappa shape index (κ3) is 14.1. The van der Waals surface area contributed by atoms with Crippen LogP contribution in [0.1, 0.15) is 84.0 Å². The van der Waals surface area contributed by atoms with E-state index < -0.39 is 74.0 Å². The van der Waals surface area contributed by atoms with Gasteiger partial charge >= 0.3 is 18.0 Å². The standard InChI is InChI=1S/C68H58N8O9S4/c1-43(62(79)82-57(44-26-12-5-13-27-44)45-28-14-6-15-29-45)85-74-55(51-42-86-65(70-51)72-66(81)84-67(2,3)4)60(78)71-61-59(56(76-53(77)40-54(76)88-61)63(80)83-58(46-30-16-7-17-31-46)47-32-18-8-19-33-47)89-64(87-52-41-69-75-73-52)68(48-34-20-9-21-35-48,49-36-22-10-23-37-49)50-38-24-11-25-39-50/h5-39,41-42,54,57-58,61,64H,1,40H2,2-4H3,(H,71,78)(H,69,73,75)(H,70,72,81)/b74-55-/t54-,61?,64?/m1/s1. The summed E-state index contributed by atoms with van der Waals surface area (Å²) in [6.07, 6.45) is -0.943. The zero-order valence-corrected chi connectivity index (χ0v) is 51.5. The highest BCUT2D eigenvalue weighted by Crippen LogP contribution is 2.57. The summed E-state index contributed by atoms with van der Waals surface area (Å²) < 4.78 is 17.5. The number of amides is 3. The summed E-state index contributed by atoms with van der Waals surface area (Å²) in [5, 5.41) is 21.7. The van der Waals surface area contributed by atoms with E-state index >= 15 is 9.59 Å². The Morgan fingerprint density at radius 1 is 0.685 bits per heavy atom. The van der Waals surface area contributed by atoms with Gasteiger partial charge in [0, 0.05) is 5.38 Å². The number of thiazole rings is 1. The van der Waals surface area contributed by atoms with Crippen LogP contribution in [0.3, 0.4) is 0 Å². The summed E-state index contributed by atoms with van der Waals surface area (Å²) in [6.45, 7) is 9.01. The normalized spacial score (nSPS) is 15.3. The first-order valence-electron chi connectivity index (χ1n) is 28.1. The number of hydrogen-bond acceptors (Lipinski definition) is 17. The number of β-lactam (4-membered cyclic amide) rings is 1. The van der Waals surface area contributed by atoms with E-state index in [1.54, 1.807) is 27.0 Å². The number of carbonyl (C=O) groups is 5. The molecule has 11 rings (SSSR count). The third-order valence-electron chi connectivity index (χ3n) is 14.2. The number of ether oxygens (including phenoxy) is 3. The highest BCUT2D eigenvalue weighted by molar-refractivity contribution is 8.19. The molecule has 3 amide bonds. The second kappa shape index (κ2) is 27.7. The van der Waals surface area contributed by atoms with Gasteiger partial charge in [0.25, 0.3) is 5.91 Å². The number of hydrogen-bond donors (Lipinski definition) is 3. The monoisotopic (exact) mass is 1260 g/mol. The molecule has 448 valence electrons. The van der Waals surface area contributed by atoms with Crippen LogP contribution in [0.5, 0.6) is 0 Å². The summed E-state index contributed by atoms with van der Waals surface area (Å²) in [7, 11) is 0. The molecule has 0 radical (unpaired) electrons. The van der Waals surface area contributed by atoms with Gasteiger partial charge < -0.3 is 24.4 Å². The number of carbonyl (C=O) groups excluding carboxylic acids is 5. The van der Waals surface area contributed by atoms with Gasteiger partial charge in [-0.05, 0) is 66.3 Å². The van der Waals surface area contributed by atoms with Crippen molar-refractivity contribution in [2.45, 2.75) is 70.8 Å². The maximum absolute atomic E-state index is 15.9. The molecule has 0 spiro atoms. The van der Waals surface area contributed by atoms with Crippen LogP contribution in [-0.4, -0.2) is 81.8 Å². The summed E-state index contributed by atoms with van der Waals surface area (Å²) in [5.41, 5.74) is 2.67. The van der Waals surface area contributed by atoms with Crippen LogP contribution < -0.4 is 10.6 Å². The molecule has 9 aromatic rings. The van der Waals surface area contributed by atoms with Crippen molar-refractivity contribution >= 4 is 87.3 Å². The zero-order valence-electron chi connectivity index (χ0n) is 48.2. The van der Waals surface area contributed by atoms with Gasteiger partial charge in [-0.2, -0.15) is 0 Å². The molecule has 0 aliphatic carbocycles. The van der Waals surface area contributed by atoms with E-state index in [0.717, 1.165) is 28.0 Å². The number of benzene rings is 7. The number of aromatic amines is 1. The smallest absolute Gasteiger partial charge is 0.413 e. The molecule has 2 aromatic heterocycles. The van der Waals surface area contributed by atoms with E-state index in [9.17, 15) is 14.4 Å². The molecule has 4 heterocycles. The van der Waals surface area contributed by atoms with E-state index in [1.165, 1.54) is 45.6 Å². The molecule has 17 nitrogen and oxygen atoms in total. The number of H-pyrrole nitrogens is 1. The Morgan fingerprint density at radius 3 is 1.63 bits per heavy atom. The van der Waals surface area contributed by atoms with Gasteiger partial charge in [0.05, 0.1) is 32.9 Å².